The summed E-state index contributed by atoms with van der Waals surface area (Å²) in [6.07, 6.45) is 2.36. The quantitative estimate of drug-likeness (QED) is 0.433. The van der Waals surface area contributed by atoms with Crippen LogP contribution < -0.4 is 0 Å². The number of aryl methyl sites for hydroxylation is 1. The molecule has 0 unspecified atom stereocenters. The van der Waals surface area contributed by atoms with Gasteiger partial charge in [0.1, 0.15) is 6.07 Å². The molecule has 0 atom stereocenters. The van der Waals surface area contributed by atoms with Crippen LogP contribution in [0.1, 0.15) is 47.6 Å². The van der Waals surface area contributed by atoms with E-state index in [4.69, 9.17) is 5.41 Å². The van der Waals surface area contributed by atoms with Crippen molar-refractivity contribution in [2.24, 2.45) is 0 Å². The first kappa shape index (κ1) is 17.2. The molecule has 0 radical (unpaired) electrons. The van der Waals surface area contributed by atoms with Crippen molar-refractivity contribution in [2.75, 3.05) is 0 Å². The number of hydrogen-bond acceptors (Lipinski definition) is 2. The van der Waals surface area contributed by atoms with Gasteiger partial charge in [0.15, 0.2) is 0 Å². The van der Waals surface area contributed by atoms with Gasteiger partial charge < -0.3 is 5.41 Å². The summed E-state index contributed by atoms with van der Waals surface area (Å²) in [5.74, 6) is 0. The average molecular weight is 350 g/mol. The van der Waals surface area contributed by atoms with E-state index in [1.165, 1.54) is 22.3 Å². The van der Waals surface area contributed by atoms with Crippen molar-refractivity contribution in [3.63, 3.8) is 0 Å². The van der Waals surface area contributed by atoms with Crippen LogP contribution in [0.15, 0.2) is 54.6 Å². The van der Waals surface area contributed by atoms with Gasteiger partial charge in [0.2, 0.25) is 0 Å². The van der Waals surface area contributed by atoms with Gasteiger partial charge in [-0.3, -0.25) is 0 Å². The number of fused-ring (bicyclic) bond motifs is 3. The molecule has 0 aromatic heterocycles. The van der Waals surface area contributed by atoms with Gasteiger partial charge in [0.25, 0.3) is 0 Å². The summed E-state index contributed by atoms with van der Waals surface area (Å²) in [5.41, 5.74) is 10.2. The topological polar surface area (TPSA) is 47.6 Å². The molecule has 1 N–H and O–H groups in total. The highest BCUT2D eigenvalue weighted by Gasteiger charge is 2.27. The van der Waals surface area contributed by atoms with Gasteiger partial charge in [0, 0.05) is 17.7 Å². The largest absolute Gasteiger partial charge is 0.305 e. The standard InChI is InChI=1S/C25H22N2/c1-3-6-24(27)21-14-20(17-11-9-16(2)10-12-17)25-19-8-5-4-7-18(19)13-22(25)23(21)15-26/h4-5,7-12,14,27H,3,6,13H2,1-2H3. The summed E-state index contributed by atoms with van der Waals surface area (Å²) in [6.45, 7) is 4.16. The number of nitriles is 1. The van der Waals surface area contributed by atoms with Crippen LogP contribution in [0.5, 0.6) is 0 Å². The highest BCUT2D eigenvalue weighted by molar-refractivity contribution is 6.05. The molecule has 1 aliphatic carbocycles. The number of benzene rings is 3. The highest BCUT2D eigenvalue weighted by Crippen LogP contribution is 2.45. The zero-order chi connectivity index (χ0) is 19.0. The fraction of sp³-hybridized carbons (Fsp3) is 0.200. The predicted octanol–water partition coefficient (Wildman–Crippen LogP) is 6.27. The van der Waals surface area contributed by atoms with E-state index in [1.807, 2.05) is 0 Å². The van der Waals surface area contributed by atoms with Crippen LogP contribution in [-0.2, 0) is 6.42 Å². The second-order valence-corrected chi connectivity index (χ2v) is 7.24. The van der Waals surface area contributed by atoms with Gasteiger partial charge >= 0.3 is 0 Å². The molecule has 132 valence electrons. The molecule has 2 heteroatoms. The summed E-state index contributed by atoms with van der Waals surface area (Å²) in [7, 11) is 0. The lowest BCUT2D eigenvalue weighted by Crippen LogP contribution is -2.06. The number of nitrogens with zero attached hydrogens (tertiary/aromatic N) is 1. The number of nitrogens with one attached hydrogen (secondary N) is 1. The lowest BCUT2D eigenvalue weighted by atomic mass is 9.86. The van der Waals surface area contributed by atoms with Crippen LogP contribution in [0.4, 0.5) is 0 Å². The Hall–Kier alpha value is -3.18. The minimum atomic E-state index is 0.557. The maximum atomic E-state index is 9.93. The Balaban J connectivity index is 2.04. The molecule has 4 rings (SSSR count). The van der Waals surface area contributed by atoms with Crippen molar-refractivity contribution < 1.29 is 0 Å². The van der Waals surface area contributed by atoms with E-state index < -0.39 is 0 Å². The third-order valence-electron chi connectivity index (χ3n) is 5.38. The number of hydrogen-bond donors (Lipinski definition) is 1. The Bertz CT molecular complexity index is 1080. The molecule has 3 aromatic carbocycles. The molecular weight excluding hydrogens is 328 g/mol. The van der Waals surface area contributed by atoms with Crippen molar-refractivity contribution in [3.8, 4) is 28.3 Å². The van der Waals surface area contributed by atoms with Crippen LogP contribution in [0.2, 0.25) is 0 Å². The number of rotatable bonds is 4. The summed E-state index contributed by atoms with van der Waals surface area (Å²) in [5, 5.41) is 18.5. The summed E-state index contributed by atoms with van der Waals surface area (Å²) >= 11 is 0. The van der Waals surface area contributed by atoms with E-state index in [1.54, 1.807) is 0 Å². The van der Waals surface area contributed by atoms with Gasteiger partial charge in [-0.15, -0.1) is 0 Å². The molecule has 0 aliphatic heterocycles. The maximum Gasteiger partial charge on any atom is 0.100 e. The zero-order valence-corrected chi connectivity index (χ0v) is 15.8. The molecule has 3 aromatic rings. The van der Waals surface area contributed by atoms with Crippen LogP contribution in [0.3, 0.4) is 0 Å². The Morgan fingerprint density at radius 1 is 1.07 bits per heavy atom. The molecule has 0 fully saturated rings. The van der Waals surface area contributed by atoms with Gasteiger partial charge in [-0.2, -0.15) is 5.26 Å². The molecule has 0 saturated carbocycles. The van der Waals surface area contributed by atoms with E-state index in [-0.39, 0.29) is 0 Å². The van der Waals surface area contributed by atoms with Gasteiger partial charge in [-0.1, -0.05) is 67.4 Å². The minimum Gasteiger partial charge on any atom is -0.305 e. The molecule has 0 bridgehead atoms. The van der Waals surface area contributed by atoms with E-state index in [0.717, 1.165) is 35.1 Å². The molecule has 0 heterocycles. The van der Waals surface area contributed by atoms with Crippen LogP contribution in [-0.4, -0.2) is 5.71 Å². The van der Waals surface area contributed by atoms with E-state index in [0.29, 0.717) is 17.7 Å². The van der Waals surface area contributed by atoms with E-state index in [9.17, 15) is 5.26 Å². The van der Waals surface area contributed by atoms with Crippen molar-refractivity contribution >= 4 is 5.71 Å². The zero-order valence-electron chi connectivity index (χ0n) is 15.8. The monoisotopic (exact) mass is 350 g/mol. The molecule has 2 nitrogen and oxygen atoms in total. The van der Waals surface area contributed by atoms with E-state index >= 15 is 0 Å². The molecule has 27 heavy (non-hydrogen) atoms. The third kappa shape index (κ3) is 2.86. The predicted molar refractivity (Wildman–Crippen MR) is 111 cm³/mol. The average Bonchev–Trinajstić information content (AvgIpc) is 3.07. The van der Waals surface area contributed by atoms with Crippen molar-refractivity contribution in [1.29, 1.82) is 10.7 Å². The Labute approximate surface area is 160 Å². The molecule has 0 saturated heterocycles. The highest BCUT2D eigenvalue weighted by atomic mass is 14.4. The molecule has 1 aliphatic rings. The normalized spacial score (nSPS) is 11.6. The Morgan fingerprint density at radius 2 is 1.81 bits per heavy atom. The fourth-order valence-electron chi connectivity index (χ4n) is 4.04. The van der Waals surface area contributed by atoms with Gasteiger partial charge in [-0.25, -0.2) is 0 Å². The first-order valence-corrected chi connectivity index (χ1v) is 9.47. The molecule has 0 amide bonds. The third-order valence-corrected chi connectivity index (χ3v) is 5.38. The molecule has 0 spiro atoms. The Kier molecular flexibility index (Phi) is 4.38. The smallest absolute Gasteiger partial charge is 0.100 e. The Morgan fingerprint density at radius 3 is 2.52 bits per heavy atom. The van der Waals surface area contributed by atoms with Crippen LogP contribution in [0.25, 0.3) is 22.3 Å². The minimum absolute atomic E-state index is 0.557. The SMILES string of the molecule is CCCC(=N)c1cc(-c2ccc(C)cc2)c2c(c1C#N)Cc1ccccc1-2. The lowest BCUT2D eigenvalue weighted by molar-refractivity contribution is 0.985. The van der Waals surface area contributed by atoms with Crippen molar-refractivity contribution in [1.82, 2.24) is 0 Å². The maximum absolute atomic E-state index is 9.93. The summed E-state index contributed by atoms with van der Waals surface area (Å²) < 4.78 is 0. The second kappa shape index (κ2) is 6.85. The van der Waals surface area contributed by atoms with Gasteiger partial charge in [-0.05, 0) is 52.8 Å². The lowest BCUT2D eigenvalue weighted by Gasteiger charge is -2.16. The summed E-state index contributed by atoms with van der Waals surface area (Å²) in [6, 6.07) is 21.4. The first-order chi connectivity index (χ1) is 13.1. The first-order valence-electron chi connectivity index (χ1n) is 9.47. The van der Waals surface area contributed by atoms with Gasteiger partial charge in [0.05, 0.1) is 5.56 Å². The van der Waals surface area contributed by atoms with Crippen molar-refractivity contribution in [2.45, 2.75) is 33.1 Å². The van der Waals surface area contributed by atoms with Crippen LogP contribution >= 0.6 is 0 Å². The molecular formula is C25H22N2. The second-order valence-electron chi connectivity index (χ2n) is 7.24. The van der Waals surface area contributed by atoms with E-state index in [2.05, 4.69) is 74.5 Å². The summed E-state index contributed by atoms with van der Waals surface area (Å²) in [4.78, 5) is 0. The van der Waals surface area contributed by atoms with Crippen molar-refractivity contribution in [3.05, 3.63) is 82.4 Å². The van der Waals surface area contributed by atoms with Crippen LogP contribution in [0, 0.1) is 23.7 Å². The fourth-order valence-corrected chi connectivity index (χ4v) is 4.04.